The van der Waals surface area contributed by atoms with Crippen molar-refractivity contribution in [3.8, 4) is 0 Å². The number of amides is 1. The molecular formula is C14H26N2O2. The van der Waals surface area contributed by atoms with E-state index in [1.54, 1.807) is 7.11 Å². The standard InChI is InChI=1S/C14H26N2O2/c1-10-7-8-16(14(17)13(9-15)18-2)12-6-4-3-5-11(10)12/h10-13H,3-9,15H2,1-2H3. The Kier molecular flexibility index (Phi) is 4.62. The molecule has 4 unspecified atom stereocenters. The van der Waals surface area contributed by atoms with E-state index in [1.807, 2.05) is 0 Å². The fraction of sp³-hybridized carbons (Fsp3) is 0.929. The van der Waals surface area contributed by atoms with Crippen LogP contribution >= 0.6 is 0 Å². The minimum atomic E-state index is -0.457. The van der Waals surface area contributed by atoms with Gasteiger partial charge < -0.3 is 15.4 Å². The van der Waals surface area contributed by atoms with Crippen LogP contribution in [0.15, 0.2) is 0 Å². The average Bonchev–Trinajstić information content (AvgIpc) is 2.41. The van der Waals surface area contributed by atoms with Crippen molar-refractivity contribution in [3.63, 3.8) is 0 Å². The van der Waals surface area contributed by atoms with Gasteiger partial charge in [0.2, 0.25) is 0 Å². The Bertz CT molecular complexity index is 292. The molecule has 104 valence electrons. The molecule has 0 aromatic heterocycles. The normalized spacial score (nSPS) is 33.9. The van der Waals surface area contributed by atoms with E-state index in [0.29, 0.717) is 12.0 Å². The molecule has 1 aliphatic carbocycles. The minimum Gasteiger partial charge on any atom is -0.370 e. The zero-order valence-electron chi connectivity index (χ0n) is 11.6. The molecule has 2 rings (SSSR count). The first kappa shape index (κ1) is 13.8. The first-order valence-corrected chi connectivity index (χ1v) is 7.22. The number of fused-ring (bicyclic) bond motifs is 1. The highest BCUT2D eigenvalue weighted by atomic mass is 16.5. The lowest BCUT2D eigenvalue weighted by molar-refractivity contribution is -0.149. The van der Waals surface area contributed by atoms with Crippen molar-refractivity contribution in [2.24, 2.45) is 17.6 Å². The maximum absolute atomic E-state index is 12.4. The molecule has 2 aliphatic rings. The molecule has 1 amide bonds. The molecule has 0 radical (unpaired) electrons. The number of piperidine rings is 1. The van der Waals surface area contributed by atoms with Gasteiger partial charge in [0.15, 0.2) is 0 Å². The van der Waals surface area contributed by atoms with Gasteiger partial charge in [-0.05, 0) is 31.1 Å². The summed E-state index contributed by atoms with van der Waals surface area (Å²) in [6.07, 6.45) is 5.66. The van der Waals surface area contributed by atoms with Gasteiger partial charge in [0.25, 0.3) is 5.91 Å². The monoisotopic (exact) mass is 254 g/mol. The Hall–Kier alpha value is -0.610. The second-order valence-electron chi connectivity index (χ2n) is 5.77. The van der Waals surface area contributed by atoms with Crippen LogP contribution in [0.25, 0.3) is 0 Å². The Balaban J connectivity index is 2.09. The molecule has 0 aromatic carbocycles. The van der Waals surface area contributed by atoms with Crippen LogP contribution in [-0.2, 0) is 9.53 Å². The summed E-state index contributed by atoms with van der Waals surface area (Å²) in [4.78, 5) is 14.5. The van der Waals surface area contributed by atoms with Crippen molar-refractivity contribution in [1.29, 1.82) is 0 Å². The van der Waals surface area contributed by atoms with Crippen LogP contribution in [0.3, 0.4) is 0 Å². The molecule has 4 nitrogen and oxygen atoms in total. The van der Waals surface area contributed by atoms with E-state index in [1.165, 1.54) is 19.3 Å². The first-order valence-electron chi connectivity index (χ1n) is 7.22. The van der Waals surface area contributed by atoms with Crippen LogP contribution in [0.5, 0.6) is 0 Å². The number of rotatable bonds is 3. The van der Waals surface area contributed by atoms with Gasteiger partial charge in [-0.15, -0.1) is 0 Å². The third-order valence-electron chi connectivity index (χ3n) is 4.80. The zero-order valence-corrected chi connectivity index (χ0v) is 11.6. The van der Waals surface area contributed by atoms with Gasteiger partial charge in [0.1, 0.15) is 6.10 Å². The Morgan fingerprint density at radius 2 is 2.11 bits per heavy atom. The SMILES string of the molecule is COC(CN)C(=O)N1CCC(C)C2CCCCC21. The maximum atomic E-state index is 12.4. The Labute approximate surface area is 110 Å². The number of carbonyl (C=O) groups is 1. The summed E-state index contributed by atoms with van der Waals surface area (Å²) in [6.45, 7) is 3.49. The number of hydrogen-bond acceptors (Lipinski definition) is 3. The molecule has 2 N–H and O–H groups in total. The lowest BCUT2D eigenvalue weighted by Crippen LogP contribution is -2.56. The molecule has 4 atom stereocenters. The van der Waals surface area contributed by atoms with E-state index in [2.05, 4.69) is 11.8 Å². The number of nitrogens with zero attached hydrogens (tertiary/aromatic N) is 1. The van der Waals surface area contributed by atoms with E-state index in [0.717, 1.165) is 25.3 Å². The van der Waals surface area contributed by atoms with Gasteiger partial charge in [-0.25, -0.2) is 0 Å². The number of methoxy groups -OCH3 is 1. The fourth-order valence-electron chi connectivity index (χ4n) is 3.67. The number of nitrogens with two attached hydrogens (primary N) is 1. The summed E-state index contributed by atoms with van der Waals surface area (Å²) < 4.78 is 5.20. The molecule has 0 spiro atoms. The van der Waals surface area contributed by atoms with Crippen molar-refractivity contribution in [2.75, 3.05) is 20.2 Å². The molecule has 18 heavy (non-hydrogen) atoms. The summed E-state index contributed by atoms with van der Waals surface area (Å²) in [6, 6.07) is 0.430. The van der Waals surface area contributed by atoms with E-state index in [-0.39, 0.29) is 12.5 Å². The first-order chi connectivity index (χ1) is 8.69. The summed E-state index contributed by atoms with van der Waals surface area (Å²) in [7, 11) is 1.57. The van der Waals surface area contributed by atoms with Crippen LogP contribution in [-0.4, -0.2) is 43.2 Å². The fourth-order valence-corrected chi connectivity index (χ4v) is 3.67. The summed E-state index contributed by atoms with van der Waals surface area (Å²) in [5.74, 6) is 1.54. The molecule has 4 heteroatoms. The van der Waals surface area contributed by atoms with Crippen LogP contribution in [0.4, 0.5) is 0 Å². The molecule has 0 aromatic rings. The zero-order chi connectivity index (χ0) is 13.1. The second-order valence-corrected chi connectivity index (χ2v) is 5.77. The number of likely N-dealkylation sites (tertiary alicyclic amines) is 1. The predicted octanol–water partition coefficient (Wildman–Crippen LogP) is 1.39. The lowest BCUT2D eigenvalue weighted by Gasteiger charge is -2.48. The second kappa shape index (κ2) is 6.02. The smallest absolute Gasteiger partial charge is 0.253 e. The van der Waals surface area contributed by atoms with Crippen LogP contribution < -0.4 is 5.73 Å². The van der Waals surface area contributed by atoms with Gasteiger partial charge in [0, 0.05) is 26.2 Å². The van der Waals surface area contributed by atoms with Crippen LogP contribution in [0.2, 0.25) is 0 Å². The van der Waals surface area contributed by atoms with Gasteiger partial charge in [-0.2, -0.15) is 0 Å². The molecule has 1 heterocycles. The molecule has 0 bridgehead atoms. The van der Waals surface area contributed by atoms with Crippen molar-refractivity contribution in [1.82, 2.24) is 4.90 Å². The van der Waals surface area contributed by atoms with Gasteiger partial charge in [-0.3, -0.25) is 4.79 Å². The van der Waals surface area contributed by atoms with Gasteiger partial charge in [-0.1, -0.05) is 19.8 Å². The molecule has 1 saturated carbocycles. The molecule has 1 saturated heterocycles. The molecular weight excluding hydrogens is 228 g/mol. The van der Waals surface area contributed by atoms with Gasteiger partial charge in [0.05, 0.1) is 0 Å². The van der Waals surface area contributed by atoms with E-state index >= 15 is 0 Å². The molecule has 1 aliphatic heterocycles. The predicted molar refractivity (Wildman–Crippen MR) is 71.1 cm³/mol. The van der Waals surface area contributed by atoms with E-state index < -0.39 is 6.10 Å². The largest absolute Gasteiger partial charge is 0.370 e. The third-order valence-corrected chi connectivity index (χ3v) is 4.80. The topological polar surface area (TPSA) is 55.6 Å². The van der Waals surface area contributed by atoms with Crippen molar-refractivity contribution in [2.45, 2.75) is 51.2 Å². The quantitative estimate of drug-likeness (QED) is 0.828. The number of carbonyl (C=O) groups excluding carboxylic acids is 1. The third kappa shape index (κ3) is 2.54. The van der Waals surface area contributed by atoms with Gasteiger partial charge >= 0.3 is 0 Å². The van der Waals surface area contributed by atoms with E-state index in [4.69, 9.17) is 10.5 Å². The van der Waals surface area contributed by atoms with Crippen LogP contribution in [0, 0.1) is 11.8 Å². The summed E-state index contributed by atoms with van der Waals surface area (Å²) >= 11 is 0. The highest BCUT2D eigenvalue weighted by Gasteiger charge is 2.40. The summed E-state index contributed by atoms with van der Waals surface area (Å²) in [5, 5.41) is 0. The highest BCUT2D eigenvalue weighted by Crippen LogP contribution is 2.38. The minimum absolute atomic E-state index is 0.101. The Morgan fingerprint density at radius 3 is 2.78 bits per heavy atom. The summed E-state index contributed by atoms with van der Waals surface area (Å²) in [5.41, 5.74) is 5.61. The highest BCUT2D eigenvalue weighted by molar-refractivity contribution is 5.81. The van der Waals surface area contributed by atoms with E-state index in [9.17, 15) is 4.79 Å². The average molecular weight is 254 g/mol. The van der Waals surface area contributed by atoms with Crippen molar-refractivity contribution < 1.29 is 9.53 Å². The Morgan fingerprint density at radius 1 is 1.39 bits per heavy atom. The van der Waals surface area contributed by atoms with Crippen LogP contribution in [0.1, 0.15) is 39.0 Å². The van der Waals surface area contributed by atoms with Crippen molar-refractivity contribution in [3.05, 3.63) is 0 Å². The lowest BCUT2D eigenvalue weighted by atomic mass is 9.72. The molecule has 2 fully saturated rings. The number of ether oxygens (including phenoxy) is 1. The van der Waals surface area contributed by atoms with Crippen molar-refractivity contribution >= 4 is 5.91 Å². The maximum Gasteiger partial charge on any atom is 0.253 e. The number of hydrogen-bond donors (Lipinski definition) is 1.